The molecule has 2 aromatic heterocycles. The van der Waals surface area contributed by atoms with Crippen LogP contribution in [0, 0.1) is 5.82 Å². The molecule has 3 rings (SSSR count). The molecule has 1 aromatic carbocycles. The molecular formula is C17H11FN2O2. The van der Waals surface area contributed by atoms with E-state index in [2.05, 4.69) is 9.97 Å². The van der Waals surface area contributed by atoms with Crippen LogP contribution in [0.25, 0.3) is 23.1 Å². The molecule has 1 N–H and O–H groups in total. The number of benzene rings is 1. The van der Waals surface area contributed by atoms with Crippen molar-refractivity contribution in [3.05, 3.63) is 71.4 Å². The molecule has 0 aliphatic heterocycles. The molecule has 3 aromatic rings. The van der Waals surface area contributed by atoms with Crippen LogP contribution in [0.15, 0.2) is 48.8 Å². The van der Waals surface area contributed by atoms with Gasteiger partial charge < -0.3 is 5.11 Å². The molecule has 5 heteroatoms. The van der Waals surface area contributed by atoms with E-state index in [1.54, 1.807) is 30.6 Å². The lowest BCUT2D eigenvalue weighted by molar-refractivity contribution is 0.0699. The zero-order valence-electron chi connectivity index (χ0n) is 11.4. The van der Waals surface area contributed by atoms with Gasteiger partial charge in [-0.3, -0.25) is 4.98 Å². The van der Waals surface area contributed by atoms with E-state index >= 15 is 0 Å². The number of aromatic carboxylic acids is 1. The Labute approximate surface area is 125 Å². The summed E-state index contributed by atoms with van der Waals surface area (Å²) >= 11 is 0. The van der Waals surface area contributed by atoms with Crippen molar-refractivity contribution in [2.24, 2.45) is 0 Å². The highest BCUT2D eigenvalue weighted by Crippen LogP contribution is 2.21. The van der Waals surface area contributed by atoms with Crippen LogP contribution in [-0.2, 0) is 0 Å². The first-order chi connectivity index (χ1) is 10.6. The first kappa shape index (κ1) is 13.9. The maximum atomic E-state index is 13.3. The van der Waals surface area contributed by atoms with E-state index in [1.807, 2.05) is 6.07 Å². The quantitative estimate of drug-likeness (QED) is 0.801. The normalized spacial score (nSPS) is 11.1. The standard InChI is InChI=1S/C17H11FN2O2/c18-12-4-6-14-15(17(21)22)9-13(20-16(14)8-12)5-3-11-2-1-7-19-10-11/h1-10H,(H,21,22)/b5-3+. The first-order valence-electron chi connectivity index (χ1n) is 6.55. The lowest BCUT2D eigenvalue weighted by atomic mass is 10.1. The van der Waals surface area contributed by atoms with Gasteiger partial charge in [-0.1, -0.05) is 12.1 Å². The molecule has 0 saturated carbocycles. The van der Waals surface area contributed by atoms with Crippen LogP contribution in [0.4, 0.5) is 4.39 Å². The number of carbonyl (C=O) groups is 1. The summed E-state index contributed by atoms with van der Waals surface area (Å²) in [7, 11) is 0. The Kier molecular flexibility index (Phi) is 3.62. The Morgan fingerprint density at radius 1 is 1.18 bits per heavy atom. The van der Waals surface area contributed by atoms with Gasteiger partial charge in [-0.25, -0.2) is 14.2 Å². The van der Waals surface area contributed by atoms with Gasteiger partial charge in [0.25, 0.3) is 0 Å². The Bertz CT molecular complexity index is 876. The maximum absolute atomic E-state index is 13.3. The summed E-state index contributed by atoms with van der Waals surface area (Å²) in [5.74, 6) is -1.53. The summed E-state index contributed by atoms with van der Waals surface area (Å²) in [5, 5.41) is 9.72. The molecule has 0 amide bonds. The van der Waals surface area contributed by atoms with Crippen LogP contribution in [0.2, 0.25) is 0 Å². The Morgan fingerprint density at radius 2 is 2.05 bits per heavy atom. The number of nitrogens with zero attached hydrogens (tertiary/aromatic N) is 2. The number of aromatic nitrogens is 2. The average Bonchev–Trinajstić information content (AvgIpc) is 2.52. The number of carboxylic acid groups (broad SMARTS) is 1. The van der Waals surface area contributed by atoms with Crippen LogP contribution in [0.1, 0.15) is 21.6 Å². The smallest absolute Gasteiger partial charge is 0.336 e. The predicted octanol–water partition coefficient (Wildman–Crippen LogP) is 3.64. The van der Waals surface area contributed by atoms with Crippen molar-refractivity contribution < 1.29 is 14.3 Å². The van der Waals surface area contributed by atoms with Crippen molar-refractivity contribution in [3.63, 3.8) is 0 Å². The molecule has 0 atom stereocenters. The number of rotatable bonds is 3. The second-order valence-corrected chi connectivity index (χ2v) is 4.68. The number of hydrogen-bond donors (Lipinski definition) is 1. The van der Waals surface area contributed by atoms with Crippen molar-refractivity contribution in [2.45, 2.75) is 0 Å². The molecule has 0 bridgehead atoms. The van der Waals surface area contributed by atoms with Crippen LogP contribution < -0.4 is 0 Å². The van der Waals surface area contributed by atoms with Gasteiger partial charge in [-0.15, -0.1) is 0 Å². The molecular weight excluding hydrogens is 283 g/mol. The van der Waals surface area contributed by atoms with E-state index in [4.69, 9.17) is 0 Å². The first-order valence-corrected chi connectivity index (χ1v) is 6.55. The summed E-state index contributed by atoms with van der Waals surface area (Å²) in [4.78, 5) is 19.6. The van der Waals surface area contributed by atoms with Crippen LogP contribution in [0.5, 0.6) is 0 Å². The second-order valence-electron chi connectivity index (χ2n) is 4.68. The SMILES string of the molecule is O=C(O)c1cc(/C=C/c2cccnc2)nc2cc(F)ccc12. The third-order valence-electron chi connectivity index (χ3n) is 3.15. The molecule has 108 valence electrons. The fraction of sp³-hybridized carbons (Fsp3) is 0. The molecule has 4 nitrogen and oxygen atoms in total. The summed E-state index contributed by atoms with van der Waals surface area (Å²) in [6.07, 6.45) is 6.78. The summed E-state index contributed by atoms with van der Waals surface area (Å²) in [6, 6.07) is 9.00. The molecule has 0 spiro atoms. The van der Waals surface area contributed by atoms with E-state index in [0.717, 1.165) is 5.56 Å². The molecule has 0 fully saturated rings. The monoisotopic (exact) mass is 294 g/mol. The Balaban J connectivity index is 2.10. The van der Waals surface area contributed by atoms with E-state index in [1.165, 1.54) is 24.3 Å². The van der Waals surface area contributed by atoms with Gasteiger partial charge in [0.15, 0.2) is 0 Å². The second kappa shape index (κ2) is 5.73. The molecule has 0 saturated heterocycles. The van der Waals surface area contributed by atoms with Crippen LogP contribution >= 0.6 is 0 Å². The number of carboxylic acids is 1. The van der Waals surface area contributed by atoms with Crippen molar-refractivity contribution in [2.75, 3.05) is 0 Å². The lowest BCUT2D eigenvalue weighted by Gasteiger charge is -2.04. The van der Waals surface area contributed by atoms with Crippen molar-refractivity contribution >= 4 is 29.0 Å². The summed E-state index contributed by atoms with van der Waals surface area (Å²) in [5.41, 5.74) is 1.71. The number of fused-ring (bicyclic) bond motifs is 1. The predicted molar refractivity (Wildman–Crippen MR) is 81.8 cm³/mol. The lowest BCUT2D eigenvalue weighted by Crippen LogP contribution is -2.00. The van der Waals surface area contributed by atoms with Crippen molar-refractivity contribution in [1.29, 1.82) is 0 Å². The third-order valence-corrected chi connectivity index (χ3v) is 3.15. The number of halogens is 1. The molecule has 2 heterocycles. The van der Waals surface area contributed by atoms with Gasteiger partial charge >= 0.3 is 5.97 Å². The number of hydrogen-bond acceptors (Lipinski definition) is 3. The summed E-state index contributed by atoms with van der Waals surface area (Å²) in [6.45, 7) is 0. The van der Waals surface area contributed by atoms with Crippen molar-refractivity contribution in [3.8, 4) is 0 Å². The van der Waals surface area contributed by atoms with Crippen LogP contribution in [0.3, 0.4) is 0 Å². The van der Waals surface area contributed by atoms with Gasteiger partial charge in [0, 0.05) is 23.8 Å². The highest BCUT2D eigenvalue weighted by atomic mass is 19.1. The molecule has 0 radical (unpaired) electrons. The Morgan fingerprint density at radius 3 is 2.77 bits per heavy atom. The molecule has 22 heavy (non-hydrogen) atoms. The average molecular weight is 294 g/mol. The molecule has 0 aliphatic rings. The highest BCUT2D eigenvalue weighted by molar-refractivity contribution is 6.03. The largest absolute Gasteiger partial charge is 0.478 e. The highest BCUT2D eigenvalue weighted by Gasteiger charge is 2.11. The minimum absolute atomic E-state index is 0.0934. The topological polar surface area (TPSA) is 63.1 Å². The van der Waals surface area contributed by atoms with Gasteiger partial charge in [0.2, 0.25) is 0 Å². The van der Waals surface area contributed by atoms with Crippen molar-refractivity contribution in [1.82, 2.24) is 9.97 Å². The molecule has 0 aliphatic carbocycles. The zero-order chi connectivity index (χ0) is 15.5. The summed E-state index contributed by atoms with van der Waals surface area (Å²) < 4.78 is 13.3. The van der Waals surface area contributed by atoms with Gasteiger partial charge in [0.1, 0.15) is 5.82 Å². The van der Waals surface area contributed by atoms with Gasteiger partial charge in [0.05, 0.1) is 16.8 Å². The van der Waals surface area contributed by atoms with Gasteiger partial charge in [-0.05, 0) is 35.9 Å². The fourth-order valence-electron chi connectivity index (χ4n) is 2.14. The van der Waals surface area contributed by atoms with E-state index in [9.17, 15) is 14.3 Å². The number of pyridine rings is 2. The van der Waals surface area contributed by atoms with E-state index in [0.29, 0.717) is 16.6 Å². The minimum Gasteiger partial charge on any atom is -0.478 e. The third kappa shape index (κ3) is 2.83. The van der Waals surface area contributed by atoms with E-state index < -0.39 is 11.8 Å². The Hall–Kier alpha value is -3.08. The molecule has 0 unspecified atom stereocenters. The maximum Gasteiger partial charge on any atom is 0.336 e. The van der Waals surface area contributed by atoms with Gasteiger partial charge in [-0.2, -0.15) is 0 Å². The van der Waals surface area contributed by atoms with E-state index in [-0.39, 0.29) is 5.56 Å². The zero-order valence-corrected chi connectivity index (χ0v) is 11.4. The van der Waals surface area contributed by atoms with Crippen LogP contribution in [-0.4, -0.2) is 21.0 Å². The minimum atomic E-state index is -1.07. The fourth-order valence-corrected chi connectivity index (χ4v) is 2.14.